The van der Waals surface area contributed by atoms with Crippen molar-refractivity contribution in [3.8, 4) is 0 Å². The van der Waals surface area contributed by atoms with Gasteiger partial charge >= 0.3 is 0 Å². The number of piperazine rings is 1. The largest absolute Gasteiger partial charge is 0.379 e. The van der Waals surface area contributed by atoms with Crippen molar-refractivity contribution in [2.24, 2.45) is 4.99 Å². The van der Waals surface area contributed by atoms with Gasteiger partial charge in [0.05, 0.1) is 25.8 Å². The van der Waals surface area contributed by atoms with Crippen molar-refractivity contribution in [1.82, 2.24) is 25.3 Å². The molecule has 174 valence electrons. The molecule has 0 spiro atoms. The highest BCUT2D eigenvalue weighted by Gasteiger charge is 2.23. The molecule has 2 heterocycles. The third-order valence-electron chi connectivity index (χ3n) is 6.22. The molecule has 2 aliphatic rings. The smallest absolute Gasteiger partial charge is 0.191 e. The summed E-state index contributed by atoms with van der Waals surface area (Å²) in [5.74, 6) is 0.633. The lowest BCUT2D eigenvalue weighted by Crippen LogP contribution is -2.49. The minimum Gasteiger partial charge on any atom is -0.379 e. The summed E-state index contributed by atoms with van der Waals surface area (Å²) in [5, 5.41) is 6.91. The Morgan fingerprint density at radius 2 is 1.71 bits per heavy atom. The van der Waals surface area contributed by atoms with E-state index in [0.717, 1.165) is 77.1 Å². The first-order valence-corrected chi connectivity index (χ1v) is 11.6. The third kappa shape index (κ3) is 7.42. The maximum absolute atomic E-state index is 13.5. The lowest BCUT2D eigenvalue weighted by Gasteiger charge is -2.36. The Hall–Kier alpha value is -1.74. The molecule has 8 heteroatoms. The van der Waals surface area contributed by atoms with E-state index < -0.39 is 0 Å². The molecule has 2 saturated heterocycles. The summed E-state index contributed by atoms with van der Waals surface area (Å²) in [4.78, 5) is 12.2. The zero-order chi connectivity index (χ0) is 22.1. The highest BCUT2D eigenvalue weighted by Crippen LogP contribution is 2.21. The highest BCUT2D eigenvalue weighted by molar-refractivity contribution is 5.79. The molecule has 2 aliphatic heterocycles. The molecular weight excluding hydrogens is 395 g/mol. The van der Waals surface area contributed by atoms with Crippen LogP contribution in [0.25, 0.3) is 0 Å². The molecular formula is C23H39FN6O. The van der Waals surface area contributed by atoms with E-state index in [1.54, 1.807) is 12.1 Å². The maximum atomic E-state index is 13.5. The first-order chi connectivity index (χ1) is 15.1. The van der Waals surface area contributed by atoms with Crippen molar-refractivity contribution in [1.29, 1.82) is 0 Å². The monoisotopic (exact) mass is 434 g/mol. The van der Waals surface area contributed by atoms with Crippen LogP contribution in [0.3, 0.4) is 0 Å². The van der Waals surface area contributed by atoms with E-state index in [1.807, 2.05) is 12.1 Å². The van der Waals surface area contributed by atoms with Gasteiger partial charge in [0.15, 0.2) is 5.96 Å². The second-order valence-electron chi connectivity index (χ2n) is 8.50. The topological polar surface area (TPSA) is 55.4 Å². The molecule has 0 amide bonds. The van der Waals surface area contributed by atoms with Gasteiger partial charge in [-0.3, -0.25) is 14.8 Å². The number of nitrogens with zero attached hydrogens (tertiary/aromatic N) is 4. The van der Waals surface area contributed by atoms with Crippen LogP contribution in [0.5, 0.6) is 0 Å². The second kappa shape index (κ2) is 12.3. The number of benzene rings is 1. The first kappa shape index (κ1) is 23.9. The van der Waals surface area contributed by atoms with Crippen LogP contribution in [0.1, 0.15) is 25.5 Å². The van der Waals surface area contributed by atoms with Gasteiger partial charge in [0.2, 0.25) is 0 Å². The minimum atomic E-state index is -0.203. The normalized spacial score (nSPS) is 21.6. The molecule has 7 nitrogen and oxygen atoms in total. The van der Waals surface area contributed by atoms with E-state index in [0.29, 0.717) is 12.6 Å². The predicted octanol–water partition coefficient (Wildman–Crippen LogP) is 1.39. The molecule has 0 saturated carbocycles. The van der Waals surface area contributed by atoms with Crippen molar-refractivity contribution >= 4 is 5.96 Å². The van der Waals surface area contributed by atoms with Crippen molar-refractivity contribution in [2.75, 3.05) is 79.2 Å². The van der Waals surface area contributed by atoms with E-state index in [9.17, 15) is 4.39 Å². The number of aliphatic imine (C=N–C) groups is 1. The van der Waals surface area contributed by atoms with Crippen LogP contribution in [0.4, 0.5) is 4.39 Å². The van der Waals surface area contributed by atoms with Crippen molar-refractivity contribution < 1.29 is 9.13 Å². The molecule has 0 aliphatic carbocycles. The van der Waals surface area contributed by atoms with E-state index in [-0.39, 0.29) is 11.9 Å². The third-order valence-corrected chi connectivity index (χ3v) is 6.22. The fraction of sp³-hybridized carbons (Fsp3) is 0.696. The van der Waals surface area contributed by atoms with Crippen LogP contribution in [0.15, 0.2) is 29.3 Å². The molecule has 2 N–H and O–H groups in total. The van der Waals surface area contributed by atoms with Crippen molar-refractivity contribution in [2.45, 2.75) is 25.9 Å². The van der Waals surface area contributed by atoms with Crippen molar-refractivity contribution in [3.63, 3.8) is 0 Å². The number of morpholine rings is 1. The van der Waals surface area contributed by atoms with E-state index >= 15 is 0 Å². The molecule has 2 atom stereocenters. The van der Waals surface area contributed by atoms with Crippen LogP contribution in [-0.4, -0.2) is 106 Å². The standard InChI is InChI=1S/C23H39FN6O/c1-4-25-23(26-17-19(2)29-11-9-28(3)10-12-29)27-18-22(30-13-15-31-16-14-30)20-5-7-21(24)8-6-20/h5-8,19,22H,4,9-18H2,1-3H3,(H2,25,26,27). The number of guanidine groups is 1. The Bertz CT molecular complexity index is 671. The van der Waals surface area contributed by atoms with Crippen molar-refractivity contribution in [3.05, 3.63) is 35.6 Å². The summed E-state index contributed by atoms with van der Waals surface area (Å²) in [7, 11) is 2.18. The zero-order valence-electron chi connectivity index (χ0n) is 19.3. The quantitative estimate of drug-likeness (QED) is 0.476. The highest BCUT2D eigenvalue weighted by atomic mass is 19.1. The number of ether oxygens (including phenoxy) is 1. The fourth-order valence-corrected chi connectivity index (χ4v) is 4.17. The summed E-state index contributed by atoms with van der Waals surface area (Å²) in [5.41, 5.74) is 1.11. The van der Waals surface area contributed by atoms with Gasteiger partial charge in [0.1, 0.15) is 5.82 Å². The number of rotatable bonds is 8. The number of hydrogen-bond acceptors (Lipinski definition) is 5. The van der Waals surface area contributed by atoms with E-state index in [4.69, 9.17) is 9.73 Å². The van der Waals surface area contributed by atoms with Gasteiger partial charge in [-0.25, -0.2) is 4.39 Å². The van der Waals surface area contributed by atoms with E-state index in [1.165, 1.54) is 0 Å². The summed E-state index contributed by atoms with van der Waals surface area (Å²) in [6.45, 7) is 14.3. The van der Waals surface area contributed by atoms with Crippen LogP contribution in [0.2, 0.25) is 0 Å². The summed E-state index contributed by atoms with van der Waals surface area (Å²) in [6, 6.07) is 7.41. The van der Waals surface area contributed by atoms with Gasteiger partial charge in [-0.05, 0) is 38.6 Å². The molecule has 2 fully saturated rings. The Morgan fingerprint density at radius 3 is 2.35 bits per heavy atom. The Kier molecular flexibility index (Phi) is 9.52. The van der Waals surface area contributed by atoms with Gasteiger partial charge in [-0.2, -0.15) is 0 Å². The lowest BCUT2D eigenvalue weighted by molar-refractivity contribution is 0.0170. The molecule has 0 bridgehead atoms. The summed E-state index contributed by atoms with van der Waals surface area (Å²) >= 11 is 0. The van der Waals surface area contributed by atoms with Crippen LogP contribution in [0, 0.1) is 5.82 Å². The number of halogens is 1. The molecule has 1 aromatic rings. The van der Waals surface area contributed by atoms with Crippen LogP contribution >= 0.6 is 0 Å². The first-order valence-electron chi connectivity index (χ1n) is 11.6. The fourth-order valence-electron chi connectivity index (χ4n) is 4.17. The van der Waals surface area contributed by atoms with Gasteiger partial charge in [-0.15, -0.1) is 0 Å². The van der Waals surface area contributed by atoms with Crippen LogP contribution < -0.4 is 10.6 Å². The average Bonchev–Trinajstić information content (AvgIpc) is 2.79. The molecule has 0 radical (unpaired) electrons. The summed E-state index contributed by atoms with van der Waals surface area (Å²) in [6.07, 6.45) is 0. The van der Waals surface area contributed by atoms with E-state index in [2.05, 4.69) is 46.2 Å². The Morgan fingerprint density at radius 1 is 1.03 bits per heavy atom. The van der Waals surface area contributed by atoms with Crippen LogP contribution in [-0.2, 0) is 4.74 Å². The van der Waals surface area contributed by atoms with Gasteiger partial charge in [0.25, 0.3) is 0 Å². The molecule has 31 heavy (non-hydrogen) atoms. The molecule has 0 aromatic heterocycles. The van der Waals surface area contributed by atoms with Gasteiger partial charge in [-0.1, -0.05) is 12.1 Å². The Labute approximate surface area is 186 Å². The zero-order valence-corrected chi connectivity index (χ0v) is 19.3. The number of nitrogens with one attached hydrogen (secondary N) is 2. The number of likely N-dealkylation sites (N-methyl/N-ethyl adjacent to an activating group) is 1. The molecule has 3 rings (SSSR count). The predicted molar refractivity (Wildman–Crippen MR) is 124 cm³/mol. The SMILES string of the molecule is CCNC(=NCC(C)N1CCN(C)CC1)NCC(c1ccc(F)cc1)N1CCOCC1. The number of hydrogen-bond donors (Lipinski definition) is 2. The lowest BCUT2D eigenvalue weighted by atomic mass is 10.0. The van der Waals surface area contributed by atoms with Gasteiger partial charge in [0, 0.05) is 58.4 Å². The molecule has 2 unspecified atom stereocenters. The Balaban J connectivity index is 1.62. The maximum Gasteiger partial charge on any atom is 0.191 e. The van der Waals surface area contributed by atoms with Gasteiger partial charge < -0.3 is 20.3 Å². The average molecular weight is 435 g/mol. The second-order valence-corrected chi connectivity index (χ2v) is 8.50. The summed E-state index contributed by atoms with van der Waals surface area (Å²) < 4.78 is 19.0. The minimum absolute atomic E-state index is 0.142. The molecule has 1 aromatic carbocycles.